The topological polar surface area (TPSA) is 66.8 Å². The van der Waals surface area contributed by atoms with Crippen molar-refractivity contribution in [2.45, 2.75) is 18.6 Å². The predicted octanol–water partition coefficient (Wildman–Crippen LogP) is 2.25. The summed E-state index contributed by atoms with van der Waals surface area (Å²) < 4.78 is 5.04. The minimum Gasteiger partial charge on any atom is -0.482 e. The van der Waals surface area contributed by atoms with Crippen molar-refractivity contribution in [3.8, 4) is 5.75 Å². The zero-order chi connectivity index (χ0) is 15.1. The van der Waals surface area contributed by atoms with Crippen LogP contribution in [-0.2, 0) is 9.59 Å². The van der Waals surface area contributed by atoms with E-state index in [1.165, 1.54) is 0 Å². The minimum atomic E-state index is -1.02. The molecule has 1 unspecified atom stereocenters. The number of carboxylic acid groups (broad SMARTS) is 1. The predicted molar refractivity (Wildman–Crippen MR) is 80.6 cm³/mol. The van der Waals surface area contributed by atoms with Gasteiger partial charge in [0.25, 0.3) is 0 Å². The van der Waals surface area contributed by atoms with Crippen LogP contribution >= 0.6 is 11.8 Å². The largest absolute Gasteiger partial charge is 0.482 e. The van der Waals surface area contributed by atoms with Crippen LogP contribution in [0.5, 0.6) is 5.75 Å². The first-order chi connectivity index (χ1) is 9.43. The van der Waals surface area contributed by atoms with Crippen LogP contribution < -0.4 is 9.64 Å². The van der Waals surface area contributed by atoms with Gasteiger partial charge in [-0.25, -0.2) is 4.79 Å². The molecule has 0 aromatic heterocycles. The third-order valence-electron chi connectivity index (χ3n) is 2.82. The van der Waals surface area contributed by atoms with Crippen LogP contribution in [0.25, 0.3) is 0 Å². The van der Waals surface area contributed by atoms with E-state index in [2.05, 4.69) is 0 Å². The quantitative estimate of drug-likeness (QED) is 0.836. The molecule has 0 aliphatic heterocycles. The average molecular weight is 297 g/mol. The average Bonchev–Trinajstić information content (AvgIpc) is 2.44. The van der Waals surface area contributed by atoms with Crippen LogP contribution in [0.2, 0.25) is 0 Å². The highest BCUT2D eigenvalue weighted by molar-refractivity contribution is 7.99. The fourth-order valence-corrected chi connectivity index (χ4v) is 1.83. The van der Waals surface area contributed by atoms with Gasteiger partial charge in [0.1, 0.15) is 5.75 Å². The second kappa shape index (κ2) is 7.79. The Morgan fingerprint density at radius 2 is 1.95 bits per heavy atom. The molecule has 0 radical (unpaired) electrons. The molecule has 110 valence electrons. The van der Waals surface area contributed by atoms with Crippen molar-refractivity contribution in [1.82, 2.24) is 0 Å². The third-order valence-corrected chi connectivity index (χ3v) is 3.80. The molecule has 0 fully saturated rings. The van der Waals surface area contributed by atoms with E-state index in [1.54, 1.807) is 48.0 Å². The maximum Gasteiger partial charge on any atom is 0.341 e. The molecule has 1 aromatic carbocycles. The number of rotatable bonds is 7. The number of aliphatic carboxylic acids is 1. The monoisotopic (exact) mass is 297 g/mol. The van der Waals surface area contributed by atoms with Crippen molar-refractivity contribution < 1.29 is 19.4 Å². The Hall–Kier alpha value is -1.69. The molecular weight excluding hydrogens is 278 g/mol. The van der Waals surface area contributed by atoms with Crippen molar-refractivity contribution in [2.24, 2.45) is 0 Å². The summed E-state index contributed by atoms with van der Waals surface area (Å²) in [6.45, 7) is 1.64. The van der Waals surface area contributed by atoms with Crippen LogP contribution in [0.3, 0.4) is 0 Å². The summed E-state index contributed by atoms with van der Waals surface area (Å²) in [5.41, 5.74) is 0.756. The number of carbonyl (C=O) groups is 2. The lowest BCUT2D eigenvalue weighted by Gasteiger charge is -2.19. The highest BCUT2D eigenvalue weighted by Crippen LogP contribution is 2.20. The Balaban J connectivity index is 2.63. The second-order valence-corrected chi connectivity index (χ2v) is 5.66. The molecule has 20 heavy (non-hydrogen) atoms. The van der Waals surface area contributed by atoms with Crippen LogP contribution in [0.1, 0.15) is 13.3 Å². The minimum absolute atomic E-state index is 0.0473. The third kappa shape index (κ3) is 5.13. The normalized spacial score (nSPS) is 11.8. The number of hydrogen-bond donors (Lipinski definition) is 1. The molecule has 0 saturated carbocycles. The summed E-state index contributed by atoms with van der Waals surface area (Å²) in [7, 11) is 1.72. The van der Waals surface area contributed by atoms with Crippen molar-refractivity contribution in [3.63, 3.8) is 0 Å². The van der Waals surface area contributed by atoms with Gasteiger partial charge in [-0.2, -0.15) is 11.8 Å². The van der Waals surface area contributed by atoms with Crippen molar-refractivity contribution >= 4 is 29.3 Å². The van der Waals surface area contributed by atoms with E-state index in [1.807, 2.05) is 13.2 Å². The van der Waals surface area contributed by atoms with E-state index >= 15 is 0 Å². The highest BCUT2D eigenvalue weighted by Gasteiger charge is 2.14. The molecule has 0 aliphatic rings. The number of benzene rings is 1. The maximum atomic E-state index is 12.0. The summed E-state index contributed by atoms with van der Waals surface area (Å²) >= 11 is 1.65. The van der Waals surface area contributed by atoms with Gasteiger partial charge >= 0.3 is 5.97 Å². The fraction of sp³-hybridized carbons (Fsp3) is 0.429. The van der Waals surface area contributed by atoms with Crippen LogP contribution in [0.4, 0.5) is 5.69 Å². The first kappa shape index (κ1) is 16.4. The van der Waals surface area contributed by atoms with Gasteiger partial charge in [-0.05, 0) is 30.5 Å². The van der Waals surface area contributed by atoms with E-state index in [0.29, 0.717) is 12.2 Å². The number of anilines is 1. The maximum absolute atomic E-state index is 12.0. The molecule has 1 N–H and O–H groups in total. The standard InChI is InChI=1S/C14H19NO4S/c1-10(20-3)8-13(16)15(2)11-4-6-12(7-5-11)19-9-14(17)18/h4-7,10H,8-9H2,1-3H3,(H,17,18). The van der Waals surface area contributed by atoms with E-state index < -0.39 is 5.97 Å². The Morgan fingerprint density at radius 3 is 2.45 bits per heavy atom. The SMILES string of the molecule is CSC(C)CC(=O)N(C)c1ccc(OCC(=O)O)cc1. The molecular formula is C14H19NO4S. The van der Waals surface area contributed by atoms with Gasteiger partial charge < -0.3 is 14.7 Å². The van der Waals surface area contributed by atoms with E-state index in [-0.39, 0.29) is 17.8 Å². The highest BCUT2D eigenvalue weighted by atomic mass is 32.2. The van der Waals surface area contributed by atoms with Gasteiger partial charge in [0.2, 0.25) is 5.91 Å². The molecule has 0 heterocycles. The molecule has 5 nitrogen and oxygen atoms in total. The summed E-state index contributed by atoms with van der Waals surface area (Å²) in [4.78, 5) is 24.0. The summed E-state index contributed by atoms with van der Waals surface area (Å²) in [6.07, 6.45) is 2.46. The Bertz CT molecular complexity index is 461. The molecule has 0 saturated heterocycles. The van der Waals surface area contributed by atoms with Crippen molar-refractivity contribution in [3.05, 3.63) is 24.3 Å². The molecule has 6 heteroatoms. The first-order valence-corrected chi connectivity index (χ1v) is 7.47. The van der Waals surface area contributed by atoms with Gasteiger partial charge in [-0.15, -0.1) is 0 Å². The van der Waals surface area contributed by atoms with E-state index in [0.717, 1.165) is 5.69 Å². The zero-order valence-corrected chi connectivity index (χ0v) is 12.6. The van der Waals surface area contributed by atoms with Crippen LogP contribution in [0.15, 0.2) is 24.3 Å². The Labute approximate surface area is 122 Å². The lowest BCUT2D eigenvalue weighted by molar-refractivity contribution is -0.139. The van der Waals surface area contributed by atoms with Gasteiger partial charge in [-0.3, -0.25) is 4.79 Å². The number of carbonyl (C=O) groups excluding carboxylic acids is 1. The molecule has 1 amide bonds. The molecule has 1 atom stereocenters. The van der Waals surface area contributed by atoms with Gasteiger partial charge in [0.15, 0.2) is 6.61 Å². The van der Waals surface area contributed by atoms with Gasteiger partial charge in [-0.1, -0.05) is 6.92 Å². The zero-order valence-electron chi connectivity index (χ0n) is 11.8. The number of thioether (sulfide) groups is 1. The smallest absolute Gasteiger partial charge is 0.341 e. The molecule has 1 rings (SSSR count). The van der Waals surface area contributed by atoms with Gasteiger partial charge in [0, 0.05) is 24.4 Å². The summed E-state index contributed by atoms with van der Waals surface area (Å²) in [5, 5.41) is 8.80. The Kier molecular flexibility index (Phi) is 6.38. The van der Waals surface area contributed by atoms with Crippen molar-refractivity contribution in [2.75, 3.05) is 24.8 Å². The number of nitrogens with zero attached hydrogens (tertiary/aromatic N) is 1. The van der Waals surface area contributed by atoms with Crippen LogP contribution in [-0.4, -0.2) is 42.1 Å². The number of hydrogen-bond acceptors (Lipinski definition) is 4. The van der Waals surface area contributed by atoms with E-state index in [9.17, 15) is 9.59 Å². The van der Waals surface area contributed by atoms with E-state index in [4.69, 9.17) is 9.84 Å². The Morgan fingerprint density at radius 1 is 1.35 bits per heavy atom. The van der Waals surface area contributed by atoms with Crippen LogP contribution in [0, 0.1) is 0 Å². The lowest BCUT2D eigenvalue weighted by Crippen LogP contribution is -2.28. The molecule has 1 aromatic rings. The summed E-state index contributed by atoms with van der Waals surface area (Å²) in [5.74, 6) is -0.507. The number of ether oxygens (including phenoxy) is 1. The molecule has 0 aliphatic carbocycles. The lowest BCUT2D eigenvalue weighted by atomic mass is 10.2. The summed E-state index contributed by atoms with van der Waals surface area (Å²) in [6, 6.07) is 6.78. The number of amides is 1. The molecule has 0 spiro atoms. The number of carboxylic acids is 1. The molecule has 0 bridgehead atoms. The van der Waals surface area contributed by atoms with Crippen molar-refractivity contribution in [1.29, 1.82) is 0 Å². The second-order valence-electron chi connectivity index (χ2n) is 4.38. The van der Waals surface area contributed by atoms with Gasteiger partial charge in [0.05, 0.1) is 0 Å². The fourth-order valence-electron chi connectivity index (χ4n) is 1.52. The first-order valence-electron chi connectivity index (χ1n) is 6.18.